The molecule has 0 aliphatic carbocycles. The average molecular weight is 515 g/mol. The van der Waals surface area contributed by atoms with Crippen LogP contribution >= 0.6 is 0 Å². The maximum atomic E-state index is 12.7. The summed E-state index contributed by atoms with van der Waals surface area (Å²) in [5, 5.41) is 5.93. The summed E-state index contributed by atoms with van der Waals surface area (Å²) in [5.41, 5.74) is 5.70. The van der Waals surface area contributed by atoms with E-state index < -0.39 is 18.0 Å². The number of esters is 1. The molecule has 0 heterocycles. The van der Waals surface area contributed by atoms with E-state index in [4.69, 9.17) is 9.47 Å². The second kappa shape index (κ2) is 11.9. The molecule has 5 aromatic rings. The molecule has 0 aliphatic rings. The number of hydrogen-bond donors (Lipinski definition) is 1. The molecule has 192 valence electrons. The van der Waals surface area contributed by atoms with Crippen molar-refractivity contribution in [1.82, 2.24) is 5.43 Å². The van der Waals surface area contributed by atoms with E-state index in [0.717, 1.165) is 21.9 Å². The Labute approximate surface area is 226 Å². The van der Waals surface area contributed by atoms with E-state index in [9.17, 15) is 9.59 Å². The van der Waals surface area contributed by atoms with Gasteiger partial charge < -0.3 is 9.47 Å². The molecule has 39 heavy (non-hydrogen) atoms. The number of nitrogens with zero attached hydrogens (tertiary/aromatic N) is 1. The quantitative estimate of drug-likeness (QED) is 0.109. The van der Waals surface area contributed by atoms with Gasteiger partial charge in [-0.25, -0.2) is 10.2 Å². The lowest BCUT2D eigenvalue weighted by Gasteiger charge is -2.14. The highest BCUT2D eigenvalue weighted by atomic mass is 16.5. The zero-order valence-corrected chi connectivity index (χ0v) is 21.3. The Bertz CT molecular complexity index is 1620. The topological polar surface area (TPSA) is 77.0 Å². The SMILES string of the molecule is CC(Oc1ccc(-c2ccccc2)cc1)C(=O)N/N=C/c1c(OC(=O)c2ccccc2)ccc2ccccc12. The Morgan fingerprint density at radius 2 is 1.38 bits per heavy atom. The van der Waals surface area contributed by atoms with Crippen LogP contribution in [0.4, 0.5) is 0 Å². The summed E-state index contributed by atoms with van der Waals surface area (Å²) in [4.78, 5) is 25.4. The number of ether oxygens (including phenoxy) is 2. The van der Waals surface area contributed by atoms with Crippen molar-refractivity contribution in [3.63, 3.8) is 0 Å². The summed E-state index contributed by atoms with van der Waals surface area (Å²) in [6, 6.07) is 37.6. The first-order valence-corrected chi connectivity index (χ1v) is 12.5. The second-order valence-electron chi connectivity index (χ2n) is 8.84. The Hall–Kier alpha value is -5.23. The van der Waals surface area contributed by atoms with Crippen molar-refractivity contribution < 1.29 is 19.1 Å². The van der Waals surface area contributed by atoms with Crippen LogP contribution in [0.2, 0.25) is 0 Å². The van der Waals surface area contributed by atoms with Crippen molar-refractivity contribution in [3.8, 4) is 22.6 Å². The number of rotatable bonds is 8. The first kappa shape index (κ1) is 25.4. The van der Waals surface area contributed by atoms with E-state index in [1.54, 1.807) is 37.3 Å². The van der Waals surface area contributed by atoms with Gasteiger partial charge in [0.15, 0.2) is 6.10 Å². The standard InChI is InChI=1S/C33H26N2O4/c1-23(38-28-19-16-25(17-20-28)24-10-4-2-5-11-24)32(36)35-34-22-30-29-15-9-8-12-26(29)18-21-31(30)39-33(37)27-13-6-3-7-14-27/h2-23H,1H3,(H,35,36)/b34-22+. The molecule has 1 amide bonds. The fourth-order valence-corrected chi connectivity index (χ4v) is 4.10. The minimum Gasteiger partial charge on any atom is -0.481 e. The van der Waals surface area contributed by atoms with E-state index in [1.807, 2.05) is 91.0 Å². The van der Waals surface area contributed by atoms with Gasteiger partial charge in [0, 0.05) is 5.56 Å². The molecular weight excluding hydrogens is 488 g/mol. The number of carbonyl (C=O) groups excluding carboxylic acids is 2. The molecule has 0 spiro atoms. The van der Waals surface area contributed by atoms with Gasteiger partial charge in [0.2, 0.25) is 0 Å². The van der Waals surface area contributed by atoms with Crippen molar-refractivity contribution in [2.75, 3.05) is 0 Å². The third-order valence-corrected chi connectivity index (χ3v) is 6.15. The van der Waals surface area contributed by atoms with Crippen molar-refractivity contribution in [2.45, 2.75) is 13.0 Å². The maximum Gasteiger partial charge on any atom is 0.343 e. The van der Waals surface area contributed by atoms with Gasteiger partial charge in [-0.15, -0.1) is 0 Å². The molecule has 1 unspecified atom stereocenters. The molecule has 0 saturated heterocycles. The van der Waals surface area contributed by atoms with Crippen LogP contribution in [0.25, 0.3) is 21.9 Å². The Kier molecular flexibility index (Phi) is 7.74. The Morgan fingerprint density at radius 3 is 2.13 bits per heavy atom. The predicted molar refractivity (Wildman–Crippen MR) is 153 cm³/mol. The molecule has 6 nitrogen and oxygen atoms in total. The molecule has 0 radical (unpaired) electrons. The molecule has 1 atom stereocenters. The van der Waals surface area contributed by atoms with Gasteiger partial charge >= 0.3 is 5.97 Å². The van der Waals surface area contributed by atoms with Crippen molar-refractivity contribution in [3.05, 3.63) is 132 Å². The smallest absolute Gasteiger partial charge is 0.343 e. The molecule has 1 N–H and O–H groups in total. The van der Waals surface area contributed by atoms with Crippen LogP contribution in [-0.2, 0) is 4.79 Å². The zero-order valence-electron chi connectivity index (χ0n) is 21.3. The van der Waals surface area contributed by atoms with Crippen LogP contribution in [0.1, 0.15) is 22.8 Å². The third kappa shape index (κ3) is 6.19. The number of carbonyl (C=O) groups is 2. The van der Waals surface area contributed by atoms with Crippen LogP contribution in [0, 0.1) is 0 Å². The fourth-order valence-electron chi connectivity index (χ4n) is 4.10. The van der Waals surface area contributed by atoms with E-state index >= 15 is 0 Å². The average Bonchev–Trinajstić information content (AvgIpc) is 2.99. The van der Waals surface area contributed by atoms with Crippen LogP contribution in [0.15, 0.2) is 126 Å². The number of hydrogen-bond acceptors (Lipinski definition) is 5. The maximum absolute atomic E-state index is 12.7. The first-order chi connectivity index (χ1) is 19.1. The van der Waals surface area contributed by atoms with E-state index in [0.29, 0.717) is 22.6 Å². The molecule has 0 fully saturated rings. The van der Waals surface area contributed by atoms with Gasteiger partial charge in [0.05, 0.1) is 11.8 Å². The van der Waals surface area contributed by atoms with Crippen LogP contribution in [0.3, 0.4) is 0 Å². The van der Waals surface area contributed by atoms with E-state index in [1.165, 1.54) is 6.21 Å². The second-order valence-corrected chi connectivity index (χ2v) is 8.84. The van der Waals surface area contributed by atoms with Gasteiger partial charge in [-0.1, -0.05) is 91.0 Å². The number of hydrazone groups is 1. The molecule has 0 saturated carbocycles. The number of nitrogens with one attached hydrogen (secondary N) is 1. The van der Waals surface area contributed by atoms with E-state index in [-0.39, 0.29) is 0 Å². The number of amides is 1. The largest absolute Gasteiger partial charge is 0.481 e. The van der Waals surface area contributed by atoms with Gasteiger partial charge in [-0.3, -0.25) is 4.79 Å². The predicted octanol–water partition coefficient (Wildman–Crippen LogP) is 6.64. The van der Waals surface area contributed by atoms with Gasteiger partial charge in [0.1, 0.15) is 11.5 Å². The molecule has 5 rings (SSSR count). The minimum atomic E-state index is -0.785. The van der Waals surface area contributed by atoms with Crippen LogP contribution < -0.4 is 14.9 Å². The lowest BCUT2D eigenvalue weighted by Crippen LogP contribution is -2.33. The summed E-state index contributed by atoms with van der Waals surface area (Å²) < 4.78 is 11.5. The van der Waals surface area contributed by atoms with E-state index in [2.05, 4.69) is 10.5 Å². The van der Waals surface area contributed by atoms with Crippen molar-refractivity contribution >= 4 is 28.9 Å². The molecule has 5 aromatic carbocycles. The van der Waals surface area contributed by atoms with Crippen LogP contribution in [-0.4, -0.2) is 24.2 Å². The molecule has 0 bridgehead atoms. The summed E-state index contributed by atoms with van der Waals surface area (Å²) in [5.74, 6) is 0.0140. The summed E-state index contributed by atoms with van der Waals surface area (Å²) in [6.07, 6.45) is 0.697. The summed E-state index contributed by atoms with van der Waals surface area (Å²) >= 11 is 0. The van der Waals surface area contributed by atoms with Gasteiger partial charge in [-0.05, 0) is 59.2 Å². The summed E-state index contributed by atoms with van der Waals surface area (Å²) in [6.45, 7) is 1.65. The lowest BCUT2D eigenvalue weighted by atomic mass is 10.0. The third-order valence-electron chi connectivity index (χ3n) is 6.15. The number of benzene rings is 5. The molecule has 6 heteroatoms. The molecule has 0 aliphatic heterocycles. The molecule has 0 aromatic heterocycles. The van der Waals surface area contributed by atoms with Crippen LogP contribution in [0.5, 0.6) is 11.5 Å². The Morgan fingerprint density at radius 1 is 0.744 bits per heavy atom. The zero-order chi connectivity index (χ0) is 27.0. The van der Waals surface area contributed by atoms with Gasteiger partial charge in [0.25, 0.3) is 5.91 Å². The highest BCUT2D eigenvalue weighted by Gasteiger charge is 2.16. The summed E-state index contributed by atoms with van der Waals surface area (Å²) in [7, 11) is 0. The minimum absolute atomic E-state index is 0.336. The van der Waals surface area contributed by atoms with Crippen molar-refractivity contribution in [2.24, 2.45) is 5.10 Å². The first-order valence-electron chi connectivity index (χ1n) is 12.5. The Balaban J connectivity index is 1.28. The molecular formula is C33H26N2O4. The highest BCUT2D eigenvalue weighted by molar-refractivity contribution is 6.04. The lowest BCUT2D eigenvalue weighted by molar-refractivity contribution is -0.127. The van der Waals surface area contributed by atoms with Crippen molar-refractivity contribution in [1.29, 1.82) is 0 Å². The van der Waals surface area contributed by atoms with Gasteiger partial charge in [-0.2, -0.15) is 5.10 Å². The fraction of sp³-hybridized carbons (Fsp3) is 0.0606. The highest BCUT2D eigenvalue weighted by Crippen LogP contribution is 2.27. The monoisotopic (exact) mass is 514 g/mol. The normalized spacial score (nSPS) is 11.7. The number of fused-ring (bicyclic) bond motifs is 1.